The third-order valence-electron chi connectivity index (χ3n) is 8.82. The molecule has 0 unspecified atom stereocenters. The van der Waals surface area contributed by atoms with Crippen LogP contribution in [0.3, 0.4) is 0 Å². The molecule has 2 aromatic rings. The van der Waals surface area contributed by atoms with Crippen LogP contribution >= 0.6 is 12.4 Å². The lowest BCUT2D eigenvalue weighted by molar-refractivity contribution is -0.933. The molecule has 0 saturated carbocycles. The number of likely N-dealkylation sites (tertiary alicyclic amines) is 1. The van der Waals surface area contributed by atoms with Crippen LogP contribution in [-0.2, 0) is 41.3 Å². The number of piperidine rings is 1. The van der Waals surface area contributed by atoms with Gasteiger partial charge in [0.1, 0.15) is 24.7 Å². The number of benzene rings is 2. The molecule has 14 heteroatoms. The minimum atomic E-state index is 0. The lowest BCUT2D eigenvalue weighted by Gasteiger charge is -2.44. The normalized spacial score (nSPS) is 15.0. The molecule has 0 bridgehead atoms. The molecule has 0 aliphatic carbocycles. The Morgan fingerprint density at radius 2 is 0.906 bits per heavy atom. The Bertz CT molecular complexity index is 1030. The largest absolute Gasteiger partial charge is 1.00 e. The monoisotopic (exact) mass is 792 g/mol. The van der Waals surface area contributed by atoms with Crippen molar-refractivity contribution in [2.24, 2.45) is 5.73 Å². The van der Waals surface area contributed by atoms with Crippen LogP contribution in [0.4, 0.5) is 0 Å². The van der Waals surface area contributed by atoms with Gasteiger partial charge in [0.05, 0.1) is 125 Å². The Morgan fingerprint density at radius 1 is 0.547 bits per heavy atom. The summed E-state index contributed by atoms with van der Waals surface area (Å²) in [5.74, 6) is 1.71. The quantitative estimate of drug-likeness (QED) is 0.0704. The van der Waals surface area contributed by atoms with E-state index < -0.39 is 0 Å². The first-order valence-electron chi connectivity index (χ1n) is 18.8. The van der Waals surface area contributed by atoms with Crippen LogP contribution in [0.5, 0.6) is 11.5 Å². The van der Waals surface area contributed by atoms with Gasteiger partial charge in [-0.1, -0.05) is 24.3 Å². The van der Waals surface area contributed by atoms with E-state index in [1.807, 2.05) is 0 Å². The van der Waals surface area contributed by atoms with Gasteiger partial charge in [-0.25, -0.2) is 0 Å². The van der Waals surface area contributed by atoms with E-state index in [1.54, 1.807) is 0 Å². The summed E-state index contributed by atoms with van der Waals surface area (Å²) >= 11 is 0. The predicted octanol–water partition coefficient (Wildman–Crippen LogP) is 0.458. The smallest absolute Gasteiger partial charge is 0.119 e. The zero-order chi connectivity index (χ0) is 36.1. The van der Waals surface area contributed by atoms with Crippen LogP contribution < -0.4 is 27.6 Å². The van der Waals surface area contributed by atoms with E-state index in [4.69, 9.17) is 53.8 Å². The van der Waals surface area contributed by atoms with Gasteiger partial charge in [-0.05, 0) is 61.1 Å². The van der Waals surface area contributed by atoms with E-state index >= 15 is 0 Å². The lowest BCUT2D eigenvalue weighted by atomic mass is 10.00. The molecule has 1 saturated heterocycles. The maximum absolute atomic E-state index is 8.67. The Balaban J connectivity index is 0.00000702. The minimum Gasteiger partial charge on any atom is -1.00 e. The van der Waals surface area contributed by atoms with E-state index in [1.165, 1.54) is 24.1 Å². The summed E-state index contributed by atoms with van der Waals surface area (Å²) in [6, 6.07) is 17.2. The van der Waals surface area contributed by atoms with Gasteiger partial charge in [0.2, 0.25) is 0 Å². The third kappa shape index (κ3) is 23.7. The number of nitrogens with two attached hydrogens (primary N) is 1. The van der Waals surface area contributed by atoms with E-state index in [9.17, 15) is 0 Å². The first-order chi connectivity index (χ1) is 25.1. The standard InChI is InChI=1S/C39H65N2O10.2ClH/c40-37-6-3-17-41(34-37,15-1-4-35-7-11-38(12-8-35)50-32-30-48-28-26-46-24-22-44-20-18-42)16-2-5-36-9-13-39(14-10-36)51-33-31-49-29-27-47-25-23-45-21-19-43;;/h7-14,37,42-43H,1-6,15-34,40H2;2*1H/q+1;;/p-1/t37-;;/m0../s1. The highest BCUT2D eigenvalue weighted by atomic mass is 35.5. The summed E-state index contributed by atoms with van der Waals surface area (Å²) < 4.78 is 45.1. The second-order valence-corrected chi connectivity index (χ2v) is 12.9. The van der Waals surface area contributed by atoms with Gasteiger partial charge < -0.3 is 70.7 Å². The number of aryl methyl sites for hydroxylation is 2. The molecule has 0 spiro atoms. The van der Waals surface area contributed by atoms with Crippen LogP contribution in [-0.4, -0.2) is 153 Å². The van der Waals surface area contributed by atoms with Crippen molar-refractivity contribution in [1.82, 2.24) is 0 Å². The lowest BCUT2D eigenvalue weighted by Crippen LogP contribution is -3.00. The maximum Gasteiger partial charge on any atom is 0.119 e. The first kappa shape index (κ1) is 49.2. The Morgan fingerprint density at radius 3 is 1.26 bits per heavy atom. The second kappa shape index (κ2) is 32.5. The van der Waals surface area contributed by atoms with Gasteiger partial charge >= 0.3 is 0 Å². The summed E-state index contributed by atoms with van der Waals surface area (Å²) in [5, 5.41) is 17.3. The van der Waals surface area contributed by atoms with Crippen LogP contribution in [0.2, 0.25) is 0 Å². The number of aliphatic hydroxyl groups is 2. The molecule has 53 heavy (non-hydrogen) atoms. The molecule has 3 rings (SSSR count). The van der Waals surface area contributed by atoms with Gasteiger partial charge in [-0.3, -0.25) is 0 Å². The number of hydrogen-bond acceptors (Lipinski definition) is 11. The number of quaternary nitrogens is 1. The molecule has 306 valence electrons. The third-order valence-corrected chi connectivity index (χ3v) is 8.82. The van der Waals surface area contributed by atoms with Crippen molar-refractivity contribution in [1.29, 1.82) is 0 Å². The van der Waals surface area contributed by atoms with Crippen molar-refractivity contribution in [3.8, 4) is 11.5 Å². The molecule has 12 nitrogen and oxygen atoms in total. The molecule has 1 atom stereocenters. The van der Waals surface area contributed by atoms with Crippen molar-refractivity contribution in [2.45, 2.75) is 44.6 Å². The molecule has 4 N–H and O–H groups in total. The van der Waals surface area contributed by atoms with Crippen molar-refractivity contribution in [3.05, 3.63) is 59.7 Å². The summed E-state index contributed by atoms with van der Waals surface area (Å²) in [7, 11) is 0. The van der Waals surface area contributed by atoms with Gasteiger partial charge in [0, 0.05) is 12.8 Å². The highest BCUT2D eigenvalue weighted by Gasteiger charge is 2.32. The Hall–Kier alpha value is -1.78. The number of rotatable bonds is 32. The molecule has 1 aliphatic heterocycles. The fourth-order valence-corrected chi connectivity index (χ4v) is 6.28. The van der Waals surface area contributed by atoms with Crippen molar-refractivity contribution < 1.29 is 65.0 Å². The maximum atomic E-state index is 8.67. The zero-order valence-corrected chi connectivity index (χ0v) is 33.1. The second-order valence-electron chi connectivity index (χ2n) is 12.9. The van der Waals surface area contributed by atoms with E-state index in [2.05, 4.69) is 48.5 Å². The van der Waals surface area contributed by atoms with Gasteiger partial charge in [0.15, 0.2) is 0 Å². The topological polar surface area (TPSA) is 140 Å². The average molecular weight is 794 g/mol. The number of ether oxygens (including phenoxy) is 8. The van der Waals surface area contributed by atoms with Gasteiger partial charge in [0.25, 0.3) is 0 Å². The predicted molar refractivity (Wildman–Crippen MR) is 204 cm³/mol. The average Bonchev–Trinajstić information content (AvgIpc) is 3.14. The molecule has 0 radical (unpaired) electrons. The first-order valence-corrected chi connectivity index (χ1v) is 18.8. The summed E-state index contributed by atoms with van der Waals surface area (Å²) in [6.45, 7) is 11.3. The van der Waals surface area contributed by atoms with Crippen molar-refractivity contribution in [2.75, 3.05) is 132 Å². The van der Waals surface area contributed by atoms with Crippen LogP contribution in [0.25, 0.3) is 0 Å². The van der Waals surface area contributed by atoms with E-state index in [0.717, 1.165) is 67.7 Å². The zero-order valence-electron chi connectivity index (χ0n) is 31.6. The van der Waals surface area contributed by atoms with Crippen LogP contribution in [0, 0.1) is 0 Å². The molecule has 0 amide bonds. The number of hydrogen-bond donors (Lipinski definition) is 3. The number of aliphatic hydroxyl groups excluding tert-OH is 2. The Kier molecular flexibility index (Phi) is 30.2. The number of halogens is 2. The highest BCUT2D eigenvalue weighted by molar-refractivity contribution is 5.85. The van der Waals surface area contributed by atoms with Crippen LogP contribution in [0.15, 0.2) is 48.5 Å². The summed E-state index contributed by atoms with van der Waals surface area (Å²) in [5.41, 5.74) is 9.18. The van der Waals surface area contributed by atoms with Gasteiger partial charge in [-0.15, -0.1) is 12.4 Å². The van der Waals surface area contributed by atoms with Crippen molar-refractivity contribution >= 4 is 12.4 Å². The van der Waals surface area contributed by atoms with Crippen LogP contribution in [0.1, 0.15) is 36.8 Å². The molecular formula is C39H66Cl2N2O10. The fraction of sp³-hybridized carbons (Fsp3) is 0.692. The molecule has 1 heterocycles. The fourth-order valence-electron chi connectivity index (χ4n) is 6.28. The molecule has 2 aromatic carbocycles. The molecular weight excluding hydrogens is 727 g/mol. The van der Waals surface area contributed by atoms with Gasteiger partial charge in [-0.2, -0.15) is 0 Å². The van der Waals surface area contributed by atoms with Crippen molar-refractivity contribution in [3.63, 3.8) is 0 Å². The van der Waals surface area contributed by atoms with E-state index in [0.29, 0.717) is 92.5 Å². The highest BCUT2D eigenvalue weighted by Crippen LogP contribution is 2.23. The minimum absolute atomic E-state index is 0. The molecule has 1 fully saturated rings. The van der Waals surface area contributed by atoms with E-state index in [-0.39, 0.29) is 44.1 Å². The number of nitrogens with zero attached hydrogens (tertiary/aromatic N) is 1. The summed E-state index contributed by atoms with van der Waals surface area (Å²) in [6.07, 6.45) is 6.70. The SMILES string of the molecule is Cl.N[C@H]1CCC[N+](CCCc2ccc(OCCOCCOCCOCCO)cc2)(CCCc2ccc(OCCOCCOCCOCCO)cc2)C1.[Cl-]. The summed E-state index contributed by atoms with van der Waals surface area (Å²) in [4.78, 5) is 0. The molecule has 1 aliphatic rings. The molecule has 0 aromatic heterocycles. The Labute approximate surface area is 329 Å².